The molecule has 0 spiro atoms. The first-order chi connectivity index (χ1) is 10.5. The summed E-state index contributed by atoms with van der Waals surface area (Å²) < 4.78 is 34.6. The first-order valence-corrected chi connectivity index (χ1v) is 9.04. The largest absolute Gasteiger partial charge is 0.468 e. The predicted molar refractivity (Wildman–Crippen MR) is 81.6 cm³/mol. The SMILES string of the molecule is CCn1cc(S(=O)(=O)N2CC[C@@H](C)C[C@H]2c2ccco2)cn1. The molecular weight excluding hydrogens is 302 g/mol. The highest BCUT2D eigenvalue weighted by Gasteiger charge is 2.38. The van der Waals surface area contributed by atoms with Crippen LogP contribution in [0.4, 0.5) is 0 Å². The van der Waals surface area contributed by atoms with Gasteiger partial charge in [0.25, 0.3) is 0 Å². The van der Waals surface area contributed by atoms with Gasteiger partial charge in [-0.25, -0.2) is 8.42 Å². The van der Waals surface area contributed by atoms with Gasteiger partial charge >= 0.3 is 0 Å². The number of sulfonamides is 1. The molecule has 3 heterocycles. The maximum Gasteiger partial charge on any atom is 0.246 e. The summed E-state index contributed by atoms with van der Waals surface area (Å²) in [5.74, 6) is 1.18. The molecule has 1 fully saturated rings. The number of rotatable bonds is 4. The molecule has 0 aliphatic carbocycles. The van der Waals surface area contributed by atoms with Crippen molar-refractivity contribution in [2.45, 2.75) is 44.2 Å². The van der Waals surface area contributed by atoms with Gasteiger partial charge in [0.1, 0.15) is 10.7 Å². The summed E-state index contributed by atoms with van der Waals surface area (Å²) in [6.45, 7) is 5.23. The van der Waals surface area contributed by atoms with Crippen LogP contribution in [0, 0.1) is 5.92 Å². The van der Waals surface area contributed by atoms with Crippen molar-refractivity contribution in [2.75, 3.05) is 6.54 Å². The van der Waals surface area contributed by atoms with Crippen molar-refractivity contribution in [1.29, 1.82) is 0 Å². The quantitative estimate of drug-likeness (QED) is 0.867. The van der Waals surface area contributed by atoms with E-state index in [9.17, 15) is 8.42 Å². The lowest BCUT2D eigenvalue weighted by Gasteiger charge is -2.36. The molecule has 3 rings (SSSR count). The van der Waals surface area contributed by atoms with Gasteiger partial charge in [0.15, 0.2) is 0 Å². The molecule has 1 aliphatic heterocycles. The smallest absolute Gasteiger partial charge is 0.246 e. The normalized spacial score (nSPS) is 23.7. The fourth-order valence-electron chi connectivity index (χ4n) is 2.93. The molecule has 0 aromatic carbocycles. The summed E-state index contributed by atoms with van der Waals surface area (Å²) in [4.78, 5) is 0.250. The van der Waals surface area contributed by atoms with Gasteiger partial charge in [0, 0.05) is 19.3 Å². The van der Waals surface area contributed by atoms with Gasteiger partial charge in [0.05, 0.1) is 18.5 Å². The third kappa shape index (κ3) is 2.70. The van der Waals surface area contributed by atoms with Crippen molar-refractivity contribution in [2.24, 2.45) is 5.92 Å². The summed E-state index contributed by atoms with van der Waals surface area (Å²) in [6, 6.07) is 3.41. The monoisotopic (exact) mass is 323 g/mol. The highest BCUT2D eigenvalue weighted by Crippen LogP contribution is 2.37. The van der Waals surface area contributed by atoms with E-state index in [1.165, 1.54) is 6.20 Å². The van der Waals surface area contributed by atoms with Crippen LogP contribution < -0.4 is 0 Å². The standard InChI is InChI=1S/C15H21N3O3S/c1-3-17-11-13(10-16-17)22(19,20)18-7-6-12(2)9-14(18)15-5-4-8-21-15/h4-5,8,10-12,14H,3,6-7,9H2,1-2H3/t12-,14+/m1/s1. The van der Waals surface area contributed by atoms with E-state index in [-0.39, 0.29) is 10.9 Å². The van der Waals surface area contributed by atoms with Crippen molar-refractivity contribution in [1.82, 2.24) is 14.1 Å². The molecular formula is C15H21N3O3S. The van der Waals surface area contributed by atoms with Crippen LogP contribution in [0.3, 0.4) is 0 Å². The molecule has 2 aromatic heterocycles. The van der Waals surface area contributed by atoms with Crippen LogP contribution >= 0.6 is 0 Å². The molecule has 0 N–H and O–H groups in total. The van der Waals surface area contributed by atoms with Crippen LogP contribution in [-0.2, 0) is 16.6 Å². The Morgan fingerprint density at radius 3 is 2.91 bits per heavy atom. The van der Waals surface area contributed by atoms with Crippen LogP contribution in [0.25, 0.3) is 0 Å². The van der Waals surface area contributed by atoms with Crippen molar-refractivity contribution in [3.63, 3.8) is 0 Å². The second-order valence-electron chi connectivity index (χ2n) is 5.81. The summed E-state index contributed by atoms with van der Waals surface area (Å²) in [7, 11) is -3.56. The third-order valence-corrected chi connectivity index (χ3v) is 6.09. The second kappa shape index (κ2) is 5.89. The Morgan fingerprint density at radius 2 is 2.27 bits per heavy atom. The minimum absolute atomic E-state index is 0.242. The molecule has 6 nitrogen and oxygen atoms in total. The molecule has 22 heavy (non-hydrogen) atoms. The summed E-state index contributed by atoms with van der Waals surface area (Å²) in [6.07, 6.45) is 6.24. The van der Waals surface area contributed by atoms with Crippen LogP contribution in [0.5, 0.6) is 0 Å². The molecule has 0 amide bonds. The highest BCUT2D eigenvalue weighted by atomic mass is 32.2. The molecule has 0 bridgehead atoms. The molecule has 0 radical (unpaired) electrons. The lowest BCUT2D eigenvalue weighted by Crippen LogP contribution is -2.40. The number of furan rings is 1. The van der Waals surface area contributed by atoms with Crippen molar-refractivity contribution >= 4 is 10.0 Å². The first-order valence-electron chi connectivity index (χ1n) is 7.60. The van der Waals surface area contributed by atoms with E-state index in [2.05, 4.69) is 12.0 Å². The van der Waals surface area contributed by atoms with E-state index in [1.54, 1.807) is 27.5 Å². The van der Waals surface area contributed by atoms with Crippen molar-refractivity contribution in [3.05, 3.63) is 36.5 Å². The molecule has 1 aliphatic rings. The number of aryl methyl sites for hydroxylation is 1. The van der Waals surface area contributed by atoms with Gasteiger partial charge in [-0.3, -0.25) is 4.68 Å². The first kappa shape index (κ1) is 15.3. The number of aromatic nitrogens is 2. The third-order valence-electron chi connectivity index (χ3n) is 4.23. The van der Waals surface area contributed by atoms with Gasteiger partial charge in [-0.15, -0.1) is 0 Å². The zero-order valence-corrected chi connectivity index (χ0v) is 13.7. The Bertz CT molecular complexity index is 721. The fraction of sp³-hybridized carbons (Fsp3) is 0.533. The summed E-state index contributed by atoms with van der Waals surface area (Å²) in [5, 5.41) is 4.09. The van der Waals surface area contributed by atoms with Gasteiger partial charge in [-0.05, 0) is 37.8 Å². The lowest BCUT2D eigenvalue weighted by atomic mass is 9.93. The maximum absolute atomic E-state index is 13.0. The topological polar surface area (TPSA) is 68.3 Å². The summed E-state index contributed by atoms with van der Waals surface area (Å²) >= 11 is 0. The maximum atomic E-state index is 13.0. The number of hydrogen-bond donors (Lipinski definition) is 0. The van der Waals surface area contributed by atoms with Gasteiger partial charge in [-0.1, -0.05) is 6.92 Å². The zero-order chi connectivity index (χ0) is 15.7. The number of hydrogen-bond acceptors (Lipinski definition) is 4. The average molecular weight is 323 g/mol. The molecule has 0 unspecified atom stereocenters. The summed E-state index contributed by atoms with van der Waals surface area (Å²) in [5.41, 5.74) is 0. The molecule has 0 saturated carbocycles. The minimum Gasteiger partial charge on any atom is -0.468 e. The number of piperidine rings is 1. The Hall–Kier alpha value is -1.60. The van der Waals surface area contributed by atoms with Gasteiger partial charge in [-0.2, -0.15) is 9.40 Å². The van der Waals surface area contributed by atoms with Gasteiger partial charge in [0.2, 0.25) is 10.0 Å². The molecule has 7 heteroatoms. The van der Waals surface area contributed by atoms with E-state index in [1.807, 2.05) is 13.0 Å². The van der Waals surface area contributed by atoms with Crippen molar-refractivity contribution in [3.8, 4) is 0 Å². The van der Waals surface area contributed by atoms with E-state index in [4.69, 9.17) is 4.42 Å². The van der Waals surface area contributed by atoms with Crippen LogP contribution in [-0.4, -0.2) is 29.0 Å². The van der Waals surface area contributed by atoms with E-state index < -0.39 is 10.0 Å². The Morgan fingerprint density at radius 1 is 1.45 bits per heavy atom. The molecule has 1 saturated heterocycles. The van der Waals surface area contributed by atoms with Crippen LogP contribution in [0.1, 0.15) is 38.5 Å². The van der Waals surface area contributed by atoms with Gasteiger partial charge < -0.3 is 4.42 Å². The van der Waals surface area contributed by atoms with Crippen LogP contribution in [0.2, 0.25) is 0 Å². The lowest BCUT2D eigenvalue weighted by molar-refractivity contribution is 0.185. The van der Waals surface area contributed by atoms with E-state index in [0.717, 1.165) is 12.8 Å². The van der Waals surface area contributed by atoms with E-state index >= 15 is 0 Å². The second-order valence-corrected chi connectivity index (χ2v) is 7.70. The zero-order valence-electron chi connectivity index (χ0n) is 12.8. The Kier molecular flexibility index (Phi) is 4.10. The average Bonchev–Trinajstić information content (AvgIpc) is 3.18. The molecule has 2 aromatic rings. The van der Waals surface area contributed by atoms with E-state index in [0.29, 0.717) is 24.8 Å². The molecule has 120 valence electrons. The fourth-order valence-corrected chi connectivity index (χ4v) is 4.51. The molecule has 2 atom stereocenters. The van der Waals surface area contributed by atoms with Crippen molar-refractivity contribution < 1.29 is 12.8 Å². The Balaban J connectivity index is 1.96. The predicted octanol–water partition coefficient (Wildman–Crippen LogP) is 2.66. The highest BCUT2D eigenvalue weighted by molar-refractivity contribution is 7.89. The Labute approximate surface area is 130 Å². The van der Waals surface area contributed by atoms with Crippen LogP contribution in [0.15, 0.2) is 40.1 Å². The minimum atomic E-state index is -3.56. The number of nitrogens with zero attached hydrogens (tertiary/aromatic N) is 3.